The molecule has 2 saturated heterocycles. The van der Waals surface area contributed by atoms with Crippen molar-refractivity contribution in [2.45, 2.75) is 45.1 Å². The van der Waals surface area contributed by atoms with Crippen LogP contribution in [0.4, 0.5) is 0 Å². The van der Waals surface area contributed by atoms with Gasteiger partial charge in [-0.15, -0.1) is 0 Å². The Kier molecular flexibility index (Phi) is 11.1. The van der Waals surface area contributed by atoms with Crippen molar-refractivity contribution in [3.63, 3.8) is 0 Å². The minimum atomic E-state index is 0.221. The molecular weight excluding hydrogens is 404 g/mol. The second kappa shape index (κ2) is 14.3. The molecule has 2 fully saturated rings. The van der Waals surface area contributed by atoms with Gasteiger partial charge in [0, 0.05) is 37.8 Å². The molecule has 0 bridgehead atoms. The lowest BCUT2D eigenvalue weighted by Gasteiger charge is -2.34. The predicted molar refractivity (Wildman–Crippen MR) is 130 cm³/mol. The van der Waals surface area contributed by atoms with Gasteiger partial charge in [-0.05, 0) is 51.8 Å². The molecule has 0 aliphatic carbocycles. The number of para-hydroxylation sites is 1. The summed E-state index contributed by atoms with van der Waals surface area (Å²) in [4.78, 5) is 7.53. The molecule has 0 amide bonds. The number of hydrogen-bond donors (Lipinski definition) is 2. The maximum Gasteiger partial charge on any atom is 0.191 e. The minimum Gasteiger partial charge on any atom is -0.496 e. The van der Waals surface area contributed by atoms with Crippen molar-refractivity contribution in [2.75, 3.05) is 66.3 Å². The third-order valence-electron chi connectivity index (χ3n) is 6.23. The number of piperidine rings is 1. The maximum atomic E-state index is 5.82. The third kappa shape index (κ3) is 7.94. The molecule has 3 rings (SSSR count). The zero-order chi connectivity index (χ0) is 22.4. The van der Waals surface area contributed by atoms with E-state index in [0.717, 1.165) is 77.2 Å². The lowest BCUT2D eigenvalue weighted by Crippen LogP contribution is -2.40. The van der Waals surface area contributed by atoms with Crippen LogP contribution in [0.3, 0.4) is 0 Å². The number of guanidine groups is 1. The fourth-order valence-electron chi connectivity index (χ4n) is 4.45. The number of rotatable bonds is 12. The number of nitrogens with zero attached hydrogens (tertiary/aromatic N) is 2. The van der Waals surface area contributed by atoms with Gasteiger partial charge >= 0.3 is 0 Å². The first-order valence-electron chi connectivity index (χ1n) is 12.4. The topological polar surface area (TPSA) is 67.4 Å². The zero-order valence-electron chi connectivity index (χ0n) is 20.0. The van der Waals surface area contributed by atoms with E-state index in [-0.39, 0.29) is 6.04 Å². The molecule has 7 nitrogen and oxygen atoms in total. The quantitative estimate of drug-likeness (QED) is 0.292. The van der Waals surface area contributed by atoms with Gasteiger partial charge in [0.1, 0.15) is 5.75 Å². The van der Waals surface area contributed by atoms with Crippen molar-refractivity contribution in [3.8, 4) is 5.75 Å². The summed E-state index contributed by atoms with van der Waals surface area (Å²) in [6.45, 7) is 10.0. The van der Waals surface area contributed by atoms with Gasteiger partial charge in [0.2, 0.25) is 0 Å². The van der Waals surface area contributed by atoms with Crippen LogP contribution in [0.15, 0.2) is 29.3 Å². The van der Waals surface area contributed by atoms with Crippen molar-refractivity contribution >= 4 is 5.96 Å². The zero-order valence-corrected chi connectivity index (χ0v) is 20.0. The molecule has 2 aliphatic rings. The summed E-state index contributed by atoms with van der Waals surface area (Å²) < 4.78 is 16.9. The highest BCUT2D eigenvalue weighted by atomic mass is 16.5. The second-order valence-corrected chi connectivity index (χ2v) is 8.66. The molecule has 2 N–H and O–H groups in total. The normalized spacial score (nSPS) is 20.8. The molecule has 0 radical (unpaired) electrons. The van der Waals surface area contributed by atoms with Gasteiger partial charge in [0.25, 0.3) is 0 Å². The summed E-state index contributed by atoms with van der Waals surface area (Å²) in [6, 6.07) is 8.59. The number of nitrogens with one attached hydrogen (secondary N) is 2. The first kappa shape index (κ1) is 24.8. The predicted octanol–water partition coefficient (Wildman–Crippen LogP) is 3.22. The number of hydrogen-bond acceptors (Lipinski definition) is 5. The molecule has 0 spiro atoms. The minimum absolute atomic E-state index is 0.221. The molecule has 2 heterocycles. The van der Waals surface area contributed by atoms with Crippen molar-refractivity contribution in [3.05, 3.63) is 29.8 Å². The summed E-state index contributed by atoms with van der Waals surface area (Å²) in [6.07, 6.45) is 5.90. The Hall–Kier alpha value is -1.83. The van der Waals surface area contributed by atoms with Gasteiger partial charge in [-0.25, -0.2) is 0 Å². The molecule has 7 heteroatoms. The van der Waals surface area contributed by atoms with Crippen LogP contribution < -0.4 is 15.4 Å². The van der Waals surface area contributed by atoms with Gasteiger partial charge < -0.3 is 24.8 Å². The highest BCUT2D eigenvalue weighted by Crippen LogP contribution is 2.31. The van der Waals surface area contributed by atoms with Crippen LogP contribution >= 0.6 is 0 Å². The van der Waals surface area contributed by atoms with E-state index < -0.39 is 0 Å². The van der Waals surface area contributed by atoms with Crippen molar-refractivity contribution in [2.24, 2.45) is 10.9 Å². The van der Waals surface area contributed by atoms with Crippen LogP contribution in [-0.4, -0.2) is 77.1 Å². The Bertz CT molecular complexity index is 673. The van der Waals surface area contributed by atoms with Gasteiger partial charge in [-0.2, -0.15) is 0 Å². The summed E-state index contributed by atoms with van der Waals surface area (Å²) in [5, 5.41) is 6.86. The van der Waals surface area contributed by atoms with E-state index in [0.29, 0.717) is 12.5 Å². The van der Waals surface area contributed by atoms with E-state index >= 15 is 0 Å². The smallest absolute Gasteiger partial charge is 0.191 e. The van der Waals surface area contributed by atoms with E-state index in [2.05, 4.69) is 40.7 Å². The summed E-state index contributed by atoms with van der Waals surface area (Å²) in [5.41, 5.74) is 1.22. The van der Waals surface area contributed by atoms with E-state index in [1.165, 1.54) is 24.8 Å². The Labute approximate surface area is 193 Å². The third-order valence-corrected chi connectivity index (χ3v) is 6.23. The second-order valence-electron chi connectivity index (χ2n) is 8.66. The number of methoxy groups -OCH3 is 1. The van der Waals surface area contributed by atoms with Crippen molar-refractivity contribution in [1.82, 2.24) is 15.5 Å². The van der Waals surface area contributed by atoms with Crippen LogP contribution in [0.2, 0.25) is 0 Å². The highest BCUT2D eigenvalue weighted by Gasteiger charge is 2.24. The lowest BCUT2D eigenvalue weighted by atomic mass is 10.0. The van der Waals surface area contributed by atoms with Gasteiger partial charge in [-0.3, -0.25) is 9.89 Å². The van der Waals surface area contributed by atoms with Gasteiger partial charge in [-0.1, -0.05) is 24.6 Å². The highest BCUT2D eigenvalue weighted by molar-refractivity contribution is 5.79. The van der Waals surface area contributed by atoms with Gasteiger partial charge in [0.15, 0.2) is 5.96 Å². The first-order chi connectivity index (χ1) is 15.8. The Morgan fingerprint density at radius 3 is 2.81 bits per heavy atom. The van der Waals surface area contributed by atoms with Gasteiger partial charge in [0.05, 0.1) is 32.9 Å². The average molecular weight is 447 g/mol. The first-order valence-corrected chi connectivity index (χ1v) is 12.4. The largest absolute Gasteiger partial charge is 0.496 e. The van der Waals surface area contributed by atoms with Crippen LogP contribution in [0.1, 0.15) is 50.6 Å². The number of benzene rings is 1. The summed E-state index contributed by atoms with van der Waals surface area (Å²) >= 11 is 0. The number of ether oxygens (including phenoxy) is 3. The van der Waals surface area contributed by atoms with Crippen LogP contribution in [0.25, 0.3) is 0 Å². The van der Waals surface area contributed by atoms with E-state index in [4.69, 9.17) is 19.2 Å². The number of likely N-dealkylation sites (tertiary alicyclic amines) is 1. The molecule has 1 aromatic carbocycles. The van der Waals surface area contributed by atoms with Crippen molar-refractivity contribution < 1.29 is 14.2 Å². The molecule has 1 aromatic rings. The van der Waals surface area contributed by atoms with Crippen LogP contribution in [0, 0.1) is 5.92 Å². The summed E-state index contributed by atoms with van der Waals surface area (Å²) in [5.74, 6) is 2.39. The van der Waals surface area contributed by atoms with Crippen LogP contribution in [0.5, 0.6) is 5.75 Å². The Morgan fingerprint density at radius 2 is 2.06 bits per heavy atom. The van der Waals surface area contributed by atoms with E-state index in [9.17, 15) is 0 Å². The molecule has 2 unspecified atom stereocenters. The van der Waals surface area contributed by atoms with Crippen molar-refractivity contribution in [1.29, 1.82) is 0 Å². The average Bonchev–Trinajstić information content (AvgIpc) is 3.36. The SMILES string of the molecule is CCNC(=NCC(c1ccccc1OC)N1CCCCC1)NCCCOCC1CCOC1. The molecule has 0 aromatic heterocycles. The summed E-state index contributed by atoms with van der Waals surface area (Å²) in [7, 11) is 1.75. The van der Waals surface area contributed by atoms with E-state index in [1.807, 2.05) is 6.07 Å². The Balaban J connectivity index is 1.54. The maximum absolute atomic E-state index is 5.82. The standard InChI is InChI=1S/C25H42N4O3/c1-3-26-25(27-13-9-16-31-19-21-12-17-32-20-21)28-18-23(29-14-7-4-8-15-29)22-10-5-6-11-24(22)30-2/h5-6,10-11,21,23H,3-4,7-9,12-20H2,1-2H3,(H2,26,27,28). The van der Waals surface area contributed by atoms with Crippen LogP contribution in [-0.2, 0) is 9.47 Å². The Morgan fingerprint density at radius 1 is 1.22 bits per heavy atom. The number of aliphatic imine (C=N–C) groups is 1. The fraction of sp³-hybridized carbons (Fsp3) is 0.720. The molecular formula is C25H42N4O3. The molecule has 0 saturated carbocycles. The molecule has 180 valence electrons. The monoisotopic (exact) mass is 446 g/mol. The molecule has 2 atom stereocenters. The molecule has 32 heavy (non-hydrogen) atoms. The van der Waals surface area contributed by atoms with E-state index in [1.54, 1.807) is 7.11 Å². The lowest BCUT2D eigenvalue weighted by molar-refractivity contribution is 0.0888. The molecule has 2 aliphatic heterocycles. The fourth-order valence-corrected chi connectivity index (χ4v) is 4.45.